The summed E-state index contributed by atoms with van der Waals surface area (Å²) in [6.45, 7) is 1.28. The maximum absolute atomic E-state index is 12.8. The molecule has 2 N–H and O–H groups in total. The van der Waals surface area contributed by atoms with E-state index in [0.29, 0.717) is 11.3 Å². The molecule has 2 amide bonds. The van der Waals surface area contributed by atoms with Crippen LogP contribution in [-0.2, 0) is 9.59 Å². The molecule has 0 bridgehead atoms. The highest BCUT2D eigenvalue weighted by molar-refractivity contribution is 6.33. The van der Waals surface area contributed by atoms with Gasteiger partial charge in [-0.15, -0.1) is 0 Å². The van der Waals surface area contributed by atoms with Crippen LogP contribution in [0.4, 0.5) is 0 Å². The maximum Gasteiger partial charge on any atom is 0.337 e. The molecule has 1 aromatic heterocycles. The largest absolute Gasteiger partial charge is 0.478 e. The highest BCUT2D eigenvalue weighted by Gasteiger charge is 2.35. The van der Waals surface area contributed by atoms with Gasteiger partial charge in [0.25, 0.3) is 11.8 Å². The summed E-state index contributed by atoms with van der Waals surface area (Å²) in [4.78, 5) is 37.5. The number of nitriles is 1. The molecule has 3 rings (SSSR count). The van der Waals surface area contributed by atoms with Gasteiger partial charge in [-0.2, -0.15) is 5.26 Å². The van der Waals surface area contributed by atoms with E-state index in [9.17, 15) is 24.8 Å². The predicted octanol–water partition coefficient (Wildman–Crippen LogP) is 3.27. The smallest absolute Gasteiger partial charge is 0.337 e. The summed E-state index contributed by atoms with van der Waals surface area (Å²) in [6, 6.07) is 9.44. The lowest BCUT2D eigenvalue weighted by molar-refractivity contribution is -0.140. The SMILES string of the molecule is CC1=C(C#N)C(=O)N(CCCO)C(=O)C1=Cc1ccc(-c2ccc(Cl)c(C(=O)O)c2)o1. The Balaban J connectivity index is 2.01. The summed E-state index contributed by atoms with van der Waals surface area (Å²) >= 11 is 5.90. The van der Waals surface area contributed by atoms with Crippen LogP contribution in [0.5, 0.6) is 0 Å². The lowest BCUT2D eigenvalue weighted by Crippen LogP contribution is -2.43. The molecule has 1 aliphatic rings. The normalized spacial score (nSPS) is 15.5. The molecule has 2 aromatic rings. The number of benzene rings is 1. The summed E-state index contributed by atoms with van der Waals surface area (Å²) in [6.07, 6.45) is 1.61. The number of aliphatic hydroxyl groups is 1. The van der Waals surface area contributed by atoms with E-state index in [1.165, 1.54) is 25.1 Å². The minimum Gasteiger partial charge on any atom is -0.478 e. The van der Waals surface area contributed by atoms with Crippen molar-refractivity contribution in [2.75, 3.05) is 13.2 Å². The average molecular weight is 441 g/mol. The second kappa shape index (κ2) is 9.00. The Bertz CT molecular complexity index is 1180. The molecule has 9 heteroatoms. The van der Waals surface area contributed by atoms with Crippen molar-refractivity contribution in [1.29, 1.82) is 5.26 Å². The number of carboxylic acid groups (broad SMARTS) is 1. The first-order chi connectivity index (χ1) is 14.8. The van der Waals surface area contributed by atoms with Crippen molar-refractivity contribution >= 4 is 35.5 Å². The summed E-state index contributed by atoms with van der Waals surface area (Å²) in [5.41, 5.74) is 0.603. The fourth-order valence-electron chi connectivity index (χ4n) is 3.13. The molecule has 0 atom stereocenters. The van der Waals surface area contributed by atoms with E-state index in [4.69, 9.17) is 21.1 Å². The van der Waals surface area contributed by atoms with Gasteiger partial charge in [-0.1, -0.05) is 11.6 Å². The molecule has 0 spiro atoms. The van der Waals surface area contributed by atoms with Crippen LogP contribution in [-0.4, -0.2) is 46.0 Å². The van der Waals surface area contributed by atoms with Crippen LogP contribution < -0.4 is 0 Å². The highest BCUT2D eigenvalue weighted by Crippen LogP contribution is 2.30. The van der Waals surface area contributed by atoms with E-state index in [2.05, 4.69) is 0 Å². The first kappa shape index (κ1) is 22.0. The molecule has 8 nitrogen and oxygen atoms in total. The van der Waals surface area contributed by atoms with Crippen LogP contribution in [0.25, 0.3) is 17.4 Å². The van der Waals surface area contributed by atoms with Gasteiger partial charge in [0.1, 0.15) is 23.2 Å². The number of aliphatic hydroxyl groups excluding tert-OH is 1. The molecule has 0 saturated heterocycles. The van der Waals surface area contributed by atoms with Crippen molar-refractivity contribution < 1.29 is 29.0 Å². The third-order valence-electron chi connectivity index (χ3n) is 4.76. The van der Waals surface area contributed by atoms with Crippen molar-refractivity contribution in [1.82, 2.24) is 4.90 Å². The van der Waals surface area contributed by atoms with Crippen LogP contribution >= 0.6 is 11.6 Å². The van der Waals surface area contributed by atoms with Crippen molar-refractivity contribution in [2.24, 2.45) is 0 Å². The van der Waals surface area contributed by atoms with Gasteiger partial charge in [-0.05, 0) is 55.3 Å². The molecular formula is C22H17ClN2O6. The van der Waals surface area contributed by atoms with E-state index in [1.807, 2.05) is 6.07 Å². The number of nitrogens with zero attached hydrogens (tertiary/aromatic N) is 2. The van der Waals surface area contributed by atoms with Gasteiger partial charge in [-0.25, -0.2) is 4.79 Å². The monoisotopic (exact) mass is 440 g/mol. The Hall–Kier alpha value is -3.67. The van der Waals surface area contributed by atoms with E-state index in [1.54, 1.807) is 18.2 Å². The zero-order valence-corrected chi connectivity index (χ0v) is 17.1. The molecule has 0 radical (unpaired) electrons. The third kappa shape index (κ3) is 4.28. The van der Waals surface area contributed by atoms with E-state index in [0.717, 1.165) is 4.90 Å². The third-order valence-corrected chi connectivity index (χ3v) is 5.09. The number of amides is 2. The van der Waals surface area contributed by atoms with Crippen LogP contribution in [0.3, 0.4) is 0 Å². The molecule has 0 aliphatic carbocycles. The van der Waals surface area contributed by atoms with Crippen molar-refractivity contribution in [2.45, 2.75) is 13.3 Å². The Labute approximate surface area is 182 Å². The van der Waals surface area contributed by atoms with Crippen molar-refractivity contribution in [3.05, 3.63) is 63.4 Å². The van der Waals surface area contributed by atoms with Crippen LogP contribution in [0, 0.1) is 11.3 Å². The Kier molecular flexibility index (Phi) is 6.39. The number of hydrogen-bond donors (Lipinski definition) is 2. The zero-order valence-electron chi connectivity index (χ0n) is 16.4. The van der Waals surface area contributed by atoms with Gasteiger partial charge < -0.3 is 14.6 Å². The number of rotatable bonds is 6. The molecule has 31 heavy (non-hydrogen) atoms. The molecule has 0 saturated carbocycles. The predicted molar refractivity (Wildman–Crippen MR) is 111 cm³/mol. The molecule has 2 heterocycles. The summed E-state index contributed by atoms with van der Waals surface area (Å²) < 4.78 is 5.74. The Morgan fingerprint density at radius 3 is 2.65 bits per heavy atom. The minimum atomic E-state index is -1.18. The van der Waals surface area contributed by atoms with Gasteiger partial charge in [0.15, 0.2) is 0 Å². The standard InChI is InChI=1S/C22H17ClN2O6/c1-12-15(20(27)25(7-2-8-26)21(28)17(12)11-24)10-14-4-6-19(31-14)13-3-5-18(23)16(9-13)22(29)30/h3-6,9-10,26H,2,7-8H2,1H3,(H,29,30). The summed E-state index contributed by atoms with van der Waals surface area (Å²) in [5, 5.41) is 27.7. The second-order valence-corrected chi connectivity index (χ2v) is 7.12. The van der Waals surface area contributed by atoms with Crippen LogP contribution in [0.1, 0.15) is 29.5 Å². The first-order valence-corrected chi connectivity index (χ1v) is 9.59. The number of furan rings is 1. The lowest BCUT2D eigenvalue weighted by atomic mass is 9.94. The molecule has 1 aliphatic heterocycles. The summed E-state index contributed by atoms with van der Waals surface area (Å²) in [7, 11) is 0. The van der Waals surface area contributed by atoms with Crippen molar-refractivity contribution in [3.8, 4) is 17.4 Å². The van der Waals surface area contributed by atoms with Crippen LogP contribution in [0.15, 0.2) is 51.5 Å². The fraction of sp³-hybridized carbons (Fsp3) is 0.182. The average Bonchev–Trinajstić information content (AvgIpc) is 3.20. The maximum atomic E-state index is 12.8. The summed E-state index contributed by atoms with van der Waals surface area (Å²) in [5.74, 6) is -1.83. The minimum absolute atomic E-state index is 0.0177. The molecular weight excluding hydrogens is 424 g/mol. The van der Waals surface area contributed by atoms with Gasteiger partial charge in [0.2, 0.25) is 0 Å². The first-order valence-electron chi connectivity index (χ1n) is 9.21. The van der Waals surface area contributed by atoms with Gasteiger partial charge in [0, 0.05) is 24.3 Å². The molecule has 158 valence electrons. The van der Waals surface area contributed by atoms with E-state index < -0.39 is 17.8 Å². The van der Waals surface area contributed by atoms with Crippen LogP contribution in [0.2, 0.25) is 5.02 Å². The van der Waals surface area contributed by atoms with Gasteiger partial charge in [0.05, 0.1) is 10.6 Å². The second-order valence-electron chi connectivity index (χ2n) is 6.71. The quantitative estimate of drug-likeness (QED) is 0.520. The number of imide groups is 1. The number of carboxylic acids is 1. The molecule has 0 unspecified atom stereocenters. The number of halogens is 1. The highest BCUT2D eigenvalue weighted by atomic mass is 35.5. The fourth-order valence-corrected chi connectivity index (χ4v) is 3.33. The number of carbonyl (C=O) groups is 3. The topological polar surface area (TPSA) is 132 Å². The van der Waals surface area contributed by atoms with Gasteiger partial charge >= 0.3 is 5.97 Å². The number of hydrogen-bond acceptors (Lipinski definition) is 6. The lowest BCUT2D eigenvalue weighted by Gasteiger charge is -2.27. The Morgan fingerprint density at radius 2 is 2.00 bits per heavy atom. The number of aromatic carboxylic acids is 1. The number of carbonyl (C=O) groups excluding carboxylic acids is 2. The van der Waals surface area contributed by atoms with E-state index >= 15 is 0 Å². The molecule has 0 fully saturated rings. The molecule has 1 aromatic carbocycles. The Morgan fingerprint density at radius 1 is 1.26 bits per heavy atom. The van der Waals surface area contributed by atoms with Crippen molar-refractivity contribution in [3.63, 3.8) is 0 Å². The van der Waals surface area contributed by atoms with E-state index in [-0.39, 0.29) is 52.6 Å². The van der Waals surface area contributed by atoms with Gasteiger partial charge in [-0.3, -0.25) is 14.5 Å². The zero-order chi connectivity index (χ0) is 22.7.